The molecule has 1 N–H and O–H groups in total. The molecule has 1 amide bonds. The molecule has 1 aromatic carbocycles. The molecule has 0 aliphatic heterocycles. The Bertz CT molecular complexity index is 575. The maximum absolute atomic E-state index is 11.9. The van der Waals surface area contributed by atoms with Gasteiger partial charge in [0, 0.05) is 18.8 Å². The number of nitrogens with one attached hydrogen (secondary N) is 1. The molecule has 0 aliphatic carbocycles. The van der Waals surface area contributed by atoms with E-state index in [1.165, 1.54) is 0 Å². The third kappa shape index (κ3) is 2.34. The number of carbonyl (C=O) groups excluding carboxylic acids is 1. The predicted octanol–water partition coefficient (Wildman–Crippen LogP) is 2.15. The van der Waals surface area contributed by atoms with Crippen molar-refractivity contribution in [3.63, 3.8) is 0 Å². The van der Waals surface area contributed by atoms with Gasteiger partial charge in [0.2, 0.25) is 0 Å². The second kappa shape index (κ2) is 4.54. The summed E-state index contributed by atoms with van der Waals surface area (Å²) in [5, 5.41) is 11.4. The van der Waals surface area contributed by atoms with Crippen LogP contribution in [-0.2, 0) is 7.05 Å². The number of hydrogen-bond acceptors (Lipinski definition) is 2. The summed E-state index contributed by atoms with van der Waals surface area (Å²) in [6.45, 7) is 0. The monoisotopic (exact) mass is 225 g/mol. The highest BCUT2D eigenvalue weighted by atomic mass is 16.1. The van der Waals surface area contributed by atoms with Gasteiger partial charge in [0.1, 0.15) is 5.82 Å². The van der Waals surface area contributed by atoms with Crippen molar-refractivity contribution in [2.24, 2.45) is 7.05 Å². The van der Waals surface area contributed by atoms with Gasteiger partial charge in [-0.1, -0.05) is 0 Å². The molecule has 0 unspecified atom stereocenters. The SMILES string of the molecule is Cn1cccc1NC(=O)c1ccc(C#N)cc1. The Labute approximate surface area is 99.1 Å². The molecular weight excluding hydrogens is 214 g/mol. The van der Waals surface area contributed by atoms with Crippen molar-refractivity contribution < 1.29 is 4.79 Å². The van der Waals surface area contributed by atoms with Gasteiger partial charge in [0.05, 0.1) is 11.6 Å². The fraction of sp³-hybridized carbons (Fsp3) is 0.0769. The Kier molecular flexibility index (Phi) is 2.93. The average molecular weight is 225 g/mol. The fourth-order valence-corrected chi connectivity index (χ4v) is 1.48. The number of rotatable bonds is 2. The zero-order valence-corrected chi connectivity index (χ0v) is 9.34. The second-order valence-electron chi connectivity index (χ2n) is 3.65. The van der Waals surface area contributed by atoms with E-state index >= 15 is 0 Å². The first-order chi connectivity index (χ1) is 8.20. The van der Waals surface area contributed by atoms with E-state index in [1.807, 2.05) is 36.0 Å². The van der Waals surface area contributed by atoms with Crippen LogP contribution in [0.3, 0.4) is 0 Å². The maximum atomic E-state index is 11.9. The molecule has 4 heteroatoms. The molecule has 0 radical (unpaired) electrons. The predicted molar refractivity (Wildman–Crippen MR) is 64.5 cm³/mol. The van der Waals surface area contributed by atoms with Crippen LogP contribution in [0, 0.1) is 11.3 Å². The molecule has 4 nitrogen and oxygen atoms in total. The van der Waals surface area contributed by atoms with Crippen LogP contribution in [-0.4, -0.2) is 10.5 Å². The molecule has 0 saturated heterocycles. The number of aryl methyl sites for hydroxylation is 1. The van der Waals surface area contributed by atoms with E-state index < -0.39 is 0 Å². The molecule has 0 fully saturated rings. The highest BCUT2D eigenvalue weighted by Crippen LogP contribution is 2.10. The van der Waals surface area contributed by atoms with Gasteiger partial charge >= 0.3 is 0 Å². The van der Waals surface area contributed by atoms with Crippen molar-refractivity contribution in [2.75, 3.05) is 5.32 Å². The van der Waals surface area contributed by atoms with Crippen LogP contribution < -0.4 is 5.32 Å². The summed E-state index contributed by atoms with van der Waals surface area (Å²) in [5.41, 5.74) is 1.07. The van der Waals surface area contributed by atoms with Crippen molar-refractivity contribution >= 4 is 11.7 Å². The lowest BCUT2D eigenvalue weighted by molar-refractivity contribution is 0.102. The third-order valence-corrected chi connectivity index (χ3v) is 2.46. The lowest BCUT2D eigenvalue weighted by Gasteiger charge is -2.06. The molecule has 1 heterocycles. The summed E-state index contributed by atoms with van der Waals surface area (Å²) in [6, 6.07) is 12.2. The molecular formula is C13H11N3O. The van der Waals surface area contributed by atoms with Gasteiger partial charge in [-0.25, -0.2) is 0 Å². The van der Waals surface area contributed by atoms with Crippen LogP contribution in [0.1, 0.15) is 15.9 Å². The van der Waals surface area contributed by atoms with E-state index in [2.05, 4.69) is 5.32 Å². The summed E-state index contributed by atoms with van der Waals surface area (Å²) >= 11 is 0. The molecule has 0 saturated carbocycles. The molecule has 84 valence electrons. The van der Waals surface area contributed by atoms with E-state index in [4.69, 9.17) is 5.26 Å². The summed E-state index contributed by atoms with van der Waals surface area (Å²) in [7, 11) is 1.86. The van der Waals surface area contributed by atoms with Crippen LogP contribution in [0.15, 0.2) is 42.6 Å². The standard InChI is InChI=1S/C13H11N3O/c1-16-8-2-3-12(16)15-13(17)11-6-4-10(9-14)5-7-11/h2-8H,1H3,(H,15,17). The summed E-state index contributed by atoms with van der Waals surface area (Å²) in [6.07, 6.45) is 1.86. The van der Waals surface area contributed by atoms with Crippen molar-refractivity contribution in [1.82, 2.24) is 4.57 Å². The Morgan fingerprint density at radius 3 is 2.53 bits per heavy atom. The minimum absolute atomic E-state index is 0.184. The largest absolute Gasteiger partial charge is 0.338 e. The highest BCUT2D eigenvalue weighted by Gasteiger charge is 2.07. The van der Waals surface area contributed by atoms with E-state index in [0.717, 1.165) is 5.82 Å². The summed E-state index contributed by atoms with van der Waals surface area (Å²) < 4.78 is 1.82. The van der Waals surface area contributed by atoms with Crippen LogP contribution in [0.2, 0.25) is 0 Å². The minimum atomic E-state index is -0.184. The van der Waals surface area contributed by atoms with E-state index in [0.29, 0.717) is 11.1 Å². The number of benzene rings is 1. The first-order valence-electron chi connectivity index (χ1n) is 5.13. The average Bonchev–Trinajstić information content (AvgIpc) is 2.75. The first-order valence-corrected chi connectivity index (χ1v) is 5.13. The first kappa shape index (κ1) is 11.0. The van der Waals surface area contributed by atoms with Crippen molar-refractivity contribution in [2.45, 2.75) is 0 Å². The number of aromatic nitrogens is 1. The lowest BCUT2D eigenvalue weighted by atomic mass is 10.1. The smallest absolute Gasteiger partial charge is 0.256 e. The Morgan fingerprint density at radius 2 is 2.00 bits per heavy atom. The van der Waals surface area contributed by atoms with Gasteiger partial charge < -0.3 is 9.88 Å². The molecule has 0 spiro atoms. The second-order valence-corrected chi connectivity index (χ2v) is 3.65. The third-order valence-electron chi connectivity index (χ3n) is 2.46. The van der Waals surface area contributed by atoms with Gasteiger partial charge in [-0.05, 0) is 36.4 Å². The molecule has 2 rings (SSSR count). The Balaban J connectivity index is 2.15. The minimum Gasteiger partial charge on any atom is -0.338 e. The van der Waals surface area contributed by atoms with Crippen LogP contribution in [0.4, 0.5) is 5.82 Å². The van der Waals surface area contributed by atoms with Gasteiger partial charge in [0.15, 0.2) is 0 Å². The van der Waals surface area contributed by atoms with Crippen LogP contribution in [0.25, 0.3) is 0 Å². The van der Waals surface area contributed by atoms with Gasteiger partial charge in [-0.15, -0.1) is 0 Å². The topological polar surface area (TPSA) is 57.8 Å². The zero-order chi connectivity index (χ0) is 12.3. The van der Waals surface area contributed by atoms with Crippen LogP contribution >= 0.6 is 0 Å². The quantitative estimate of drug-likeness (QED) is 0.851. The zero-order valence-electron chi connectivity index (χ0n) is 9.34. The number of amides is 1. The van der Waals surface area contributed by atoms with Gasteiger partial charge in [0.25, 0.3) is 5.91 Å². The molecule has 0 bridgehead atoms. The Hall–Kier alpha value is -2.54. The highest BCUT2D eigenvalue weighted by molar-refractivity contribution is 6.03. The van der Waals surface area contributed by atoms with E-state index in [-0.39, 0.29) is 5.91 Å². The number of hydrogen-bond donors (Lipinski definition) is 1. The van der Waals surface area contributed by atoms with Gasteiger partial charge in [-0.3, -0.25) is 4.79 Å². The molecule has 2 aromatic rings. The molecule has 0 atom stereocenters. The van der Waals surface area contributed by atoms with E-state index in [9.17, 15) is 4.79 Å². The summed E-state index contributed by atoms with van der Waals surface area (Å²) in [4.78, 5) is 11.9. The number of anilines is 1. The maximum Gasteiger partial charge on any atom is 0.256 e. The number of nitriles is 1. The number of nitrogens with zero attached hydrogens (tertiary/aromatic N) is 2. The van der Waals surface area contributed by atoms with E-state index in [1.54, 1.807) is 24.3 Å². The van der Waals surface area contributed by atoms with Crippen molar-refractivity contribution in [3.8, 4) is 6.07 Å². The summed E-state index contributed by atoms with van der Waals surface area (Å²) in [5.74, 6) is 0.552. The molecule has 0 aliphatic rings. The fourth-order valence-electron chi connectivity index (χ4n) is 1.48. The Morgan fingerprint density at radius 1 is 1.29 bits per heavy atom. The molecule has 1 aromatic heterocycles. The lowest BCUT2D eigenvalue weighted by Crippen LogP contribution is -2.13. The van der Waals surface area contributed by atoms with Gasteiger partial charge in [-0.2, -0.15) is 5.26 Å². The van der Waals surface area contributed by atoms with Crippen molar-refractivity contribution in [1.29, 1.82) is 5.26 Å². The normalized spacial score (nSPS) is 9.65. The number of carbonyl (C=O) groups is 1. The molecule has 17 heavy (non-hydrogen) atoms. The van der Waals surface area contributed by atoms with Crippen molar-refractivity contribution in [3.05, 3.63) is 53.7 Å². The van der Waals surface area contributed by atoms with Crippen LogP contribution in [0.5, 0.6) is 0 Å².